The Balaban J connectivity index is 1.69. The molecule has 0 N–H and O–H groups in total. The molecule has 1 aliphatic carbocycles. The Kier molecular flexibility index (Phi) is 7.09. The predicted octanol–water partition coefficient (Wildman–Crippen LogP) is 7.17. The summed E-state index contributed by atoms with van der Waals surface area (Å²) in [6.45, 7) is 2.26. The quantitative estimate of drug-likeness (QED) is 0.304. The third kappa shape index (κ3) is 5.13. The molecule has 4 heteroatoms. The normalized spacial score (nSPS) is 18.7. The molecule has 0 bridgehead atoms. The van der Waals surface area contributed by atoms with Crippen LogP contribution in [0.2, 0.25) is 0 Å². The van der Waals surface area contributed by atoms with Crippen LogP contribution < -0.4 is 0 Å². The molecule has 1 aliphatic rings. The first-order valence-electron chi connectivity index (χ1n) is 9.79. The smallest absolute Gasteiger partial charge is 0.151 e. The van der Waals surface area contributed by atoms with Gasteiger partial charge in [-0.2, -0.15) is 4.99 Å². The van der Waals surface area contributed by atoms with E-state index in [1.54, 1.807) is 0 Å². The molecule has 0 unspecified atom stereocenters. The summed E-state index contributed by atoms with van der Waals surface area (Å²) < 4.78 is 27.9. The lowest BCUT2D eigenvalue weighted by Gasteiger charge is -2.28. The number of isothiocyanates is 1. The van der Waals surface area contributed by atoms with Gasteiger partial charge in [-0.3, -0.25) is 0 Å². The first-order valence-corrected chi connectivity index (χ1v) is 10.2. The number of nitrogens with zero attached hydrogens (tertiary/aromatic N) is 1. The Hall–Kier alpha value is -2.34. The molecular formula is C24H23F2NS. The van der Waals surface area contributed by atoms with E-state index in [2.05, 4.69) is 48.1 Å². The standard InChI is InChI=1S/C24H23F2NS/c1-2-3-17-4-9-19(10-5-17)20-11-6-18(7-12-20)8-13-21-14-23(26)24(27-16-28)15-22(21)25/h6-7,11-12,14-15,17,19H,2-5,9-10H2,1H3. The van der Waals surface area contributed by atoms with Crippen molar-refractivity contribution in [2.24, 2.45) is 10.9 Å². The minimum absolute atomic E-state index is 0.000795. The van der Waals surface area contributed by atoms with Gasteiger partial charge in [-0.25, -0.2) is 8.78 Å². The fourth-order valence-corrected chi connectivity index (χ4v) is 4.04. The summed E-state index contributed by atoms with van der Waals surface area (Å²) in [6, 6.07) is 10.2. The highest BCUT2D eigenvalue weighted by atomic mass is 32.1. The van der Waals surface area contributed by atoms with Crippen molar-refractivity contribution in [2.45, 2.75) is 51.4 Å². The second kappa shape index (κ2) is 9.73. The largest absolute Gasteiger partial charge is 0.206 e. The zero-order valence-corrected chi connectivity index (χ0v) is 16.8. The molecular weight excluding hydrogens is 372 g/mol. The van der Waals surface area contributed by atoms with E-state index in [0.29, 0.717) is 5.92 Å². The highest BCUT2D eigenvalue weighted by Gasteiger charge is 2.21. The Morgan fingerprint density at radius 1 is 1.00 bits per heavy atom. The molecule has 0 amide bonds. The van der Waals surface area contributed by atoms with Crippen molar-refractivity contribution in [1.82, 2.24) is 0 Å². The number of hydrogen-bond donors (Lipinski definition) is 0. The summed E-state index contributed by atoms with van der Waals surface area (Å²) in [7, 11) is 0. The van der Waals surface area contributed by atoms with E-state index < -0.39 is 11.6 Å². The van der Waals surface area contributed by atoms with Crippen LogP contribution in [0.25, 0.3) is 0 Å². The minimum atomic E-state index is -0.669. The van der Waals surface area contributed by atoms with Gasteiger partial charge in [-0.15, -0.1) is 0 Å². The Bertz CT molecular complexity index is 926. The van der Waals surface area contributed by atoms with Gasteiger partial charge in [0.2, 0.25) is 0 Å². The van der Waals surface area contributed by atoms with Crippen molar-refractivity contribution < 1.29 is 8.78 Å². The summed E-state index contributed by atoms with van der Waals surface area (Å²) in [6.07, 6.45) is 7.74. The summed E-state index contributed by atoms with van der Waals surface area (Å²) in [4.78, 5) is 3.50. The van der Waals surface area contributed by atoms with Crippen molar-refractivity contribution in [3.8, 4) is 11.8 Å². The highest BCUT2D eigenvalue weighted by molar-refractivity contribution is 7.78. The molecule has 144 valence electrons. The number of aliphatic imine (C=N–C) groups is 1. The SMILES string of the molecule is CCCC1CCC(c2ccc(C#Cc3cc(F)c(N=C=S)cc3F)cc2)CC1. The third-order valence-corrected chi connectivity index (χ3v) is 5.56. The second-order valence-corrected chi connectivity index (χ2v) is 7.55. The lowest BCUT2D eigenvalue weighted by atomic mass is 9.77. The maximum absolute atomic E-state index is 14.1. The number of benzene rings is 2. The maximum Gasteiger partial charge on any atom is 0.151 e. The van der Waals surface area contributed by atoms with Crippen molar-refractivity contribution in [2.75, 3.05) is 0 Å². The third-order valence-electron chi connectivity index (χ3n) is 5.47. The first-order chi connectivity index (χ1) is 13.6. The molecule has 1 nitrogen and oxygen atoms in total. The van der Waals surface area contributed by atoms with Crippen LogP contribution in [-0.2, 0) is 0 Å². The monoisotopic (exact) mass is 395 g/mol. The minimum Gasteiger partial charge on any atom is -0.206 e. The molecule has 0 heterocycles. The van der Waals surface area contributed by atoms with Gasteiger partial charge in [0.1, 0.15) is 11.5 Å². The molecule has 0 aliphatic heterocycles. The zero-order chi connectivity index (χ0) is 19.9. The van der Waals surface area contributed by atoms with Gasteiger partial charge in [0, 0.05) is 11.6 Å². The van der Waals surface area contributed by atoms with Crippen molar-refractivity contribution in [3.63, 3.8) is 0 Å². The van der Waals surface area contributed by atoms with Crippen LogP contribution in [0.1, 0.15) is 68.1 Å². The van der Waals surface area contributed by atoms with E-state index in [9.17, 15) is 8.78 Å². The summed E-state index contributed by atoms with van der Waals surface area (Å²) >= 11 is 4.43. The van der Waals surface area contributed by atoms with Gasteiger partial charge in [0.05, 0.1) is 10.7 Å². The average Bonchev–Trinajstić information content (AvgIpc) is 2.71. The Labute approximate surface area is 170 Å². The molecule has 0 radical (unpaired) electrons. The van der Waals surface area contributed by atoms with Crippen molar-refractivity contribution in [1.29, 1.82) is 0 Å². The van der Waals surface area contributed by atoms with Gasteiger partial charge in [-0.1, -0.05) is 43.7 Å². The molecule has 28 heavy (non-hydrogen) atoms. The van der Waals surface area contributed by atoms with Gasteiger partial charge >= 0.3 is 0 Å². The molecule has 3 rings (SSSR count). The summed E-state index contributed by atoms with van der Waals surface area (Å²) in [5, 5.41) is 2.04. The average molecular weight is 396 g/mol. The van der Waals surface area contributed by atoms with Gasteiger partial charge in [-0.05, 0) is 73.5 Å². The number of thiocarbonyl (C=S) groups is 1. The van der Waals surface area contributed by atoms with Crippen LogP contribution in [0.15, 0.2) is 41.4 Å². The lowest BCUT2D eigenvalue weighted by Crippen LogP contribution is -2.13. The predicted molar refractivity (Wildman–Crippen MR) is 113 cm³/mol. The van der Waals surface area contributed by atoms with Crippen molar-refractivity contribution in [3.05, 3.63) is 64.7 Å². The Morgan fingerprint density at radius 2 is 1.71 bits per heavy atom. The van der Waals surface area contributed by atoms with Gasteiger partial charge < -0.3 is 0 Å². The number of rotatable bonds is 4. The zero-order valence-electron chi connectivity index (χ0n) is 16.0. The lowest BCUT2D eigenvalue weighted by molar-refractivity contribution is 0.308. The van der Waals surface area contributed by atoms with E-state index >= 15 is 0 Å². The molecule has 0 saturated heterocycles. The first kappa shape index (κ1) is 20.4. The molecule has 0 spiro atoms. The molecule has 1 fully saturated rings. The number of halogens is 2. The van der Waals surface area contributed by atoms with Crippen LogP contribution in [0, 0.1) is 29.4 Å². The fourth-order valence-electron chi connectivity index (χ4n) is 3.94. The molecule has 2 aromatic carbocycles. The van der Waals surface area contributed by atoms with E-state index in [0.717, 1.165) is 23.6 Å². The van der Waals surface area contributed by atoms with Crippen LogP contribution in [-0.4, -0.2) is 5.16 Å². The summed E-state index contributed by atoms with van der Waals surface area (Å²) in [5.41, 5.74) is 1.96. The maximum atomic E-state index is 14.1. The second-order valence-electron chi connectivity index (χ2n) is 7.36. The van der Waals surface area contributed by atoms with E-state index in [1.165, 1.54) is 44.1 Å². The molecule has 1 saturated carbocycles. The van der Waals surface area contributed by atoms with Gasteiger partial charge in [0.15, 0.2) is 5.82 Å². The topological polar surface area (TPSA) is 12.4 Å². The van der Waals surface area contributed by atoms with Gasteiger partial charge in [0.25, 0.3) is 0 Å². The van der Waals surface area contributed by atoms with Crippen LogP contribution in [0.5, 0.6) is 0 Å². The van der Waals surface area contributed by atoms with E-state index in [4.69, 9.17) is 0 Å². The summed E-state index contributed by atoms with van der Waals surface area (Å²) in [5.74, 6) is 5.83. The van der Waals surface area contributed by atoms with Crippen LogP contribution >= 0.6 is 12.2 Å². The number of hydrogen-bond acceptors (Lipinski definition) is 2. The molecule has 2 aromatic rings. The highest BCUT2D eigenvalue weighted by Crippen LogP contribution is 2.37. The van der Waals surface area contributed by atoms with Crippen LogP contribution in [0.4, 0.5) is 14.5 Å². The van der Waals surface area contributed by atoms with E-state index in [1.807, 2.05) is 17.3 Å². The molecule has 0 aromatic heterocycles. The van der Waals surface area contributed by atoms with Crippen molar-refractivity contribution >= 4 is 23.1 Å². The molecule has 0 atom stereocenters. The van der Waals surface area contributed by atoms with Crippen LogP contribution in [0.3, 0.4) is 0 Å². The fraction of sp³-hybridized carbons (Fsp3) is 0.375. The van der Waals surface area contributed by atoms with E-state index in [-0.39, 0.29) is 11.3 Å². The Morgan fingerprint density at radius 3 is 2.36 bits per heavy atom.